The van der Waals surface area contributed by atoms with E-state index in [1.165, 1.54) is 22.3 Å². The molecule has 0 heterocycles. The molecule has 19 heavy (non-hydrogen) atoms. The Bertz CT molecular complexity index is 546. The first-order chi connectivity index (χ1) is 9.10. The third kappa shape index (κ3) is 3.68. The van der Waals surface area contributed by atoms with Crippen molar-refractivity contribution < 1.29 is 0 Å². The number of rotatable bonds is 4. The van der Waals surface area contributed by atoms with Crippen molar-refractivity contribution in [3.05, 3.63) is 69.2 Å². The number of nitrogens with two attached hydrogens (primary N) is 1. The van der Waals surface area contributed by atoms with Crippen molar-refractivity contribution >= 4 is 15.9 Å². The predicted molar refractivity (Wildman–Crippen MR) is 85.6 cm³/mol. The molecule has 0 spiro atoms. The van der Waals surface area contributed by atoms with Gasteiger partial charge in [-0.1, -0.05) is 53.2 Å². The molecule has 2 heteroatoms. The molecular weight excluding hydrogens is 298 g/mol. The average molecular weight is 318 g/mol. The molecule has 0 aliphatic rings. The van der Waals surface area contributed by atoms with Gasteiger partial charge >= 0.3 is 0 Å². The van der Waals surface area contributed by atoms with Gasteiger partial charge in [0.25, 0.3) is 0 Å². The molecule has 2 aromatic rings. The molecule has 0 aliphatic carbocycles. The lowest BCUT2D eigenvalue weighted by molar-refractivity contribution is 0.773. The van der Waals surface area contributed by atoms with Crippen LogP contribution in [0.1, 0.15) is 35.1 Å². The Balaban J connectivity index is 2.17. The Morgan fingerprint density at radius 1 is 1.11 bits per heavy atom. The minimum atomic E-state index is 0.432. The number of hydrogen-bond acceptors (Lipinski definition) is 1. The summed E-state index contributed by atoms with van der Waals surface area (Å²) in [4.78, 5) is 0. The summed E-state index contributed by atoms with van der Waals surface area (Å²) in [6, 6.07) is 15.3. The van der Waals surface area contributed by atoms with Gasteiger partial charge in [-0.05, 0) is 60.2 Å². The van der Waals surface area contributed by atoms with E-state index in [0.29, 0.717) is 12.5 Å². The van der Waals surface area contributed by atoms with Gasteiger partial charge in [0.2, 0.25) is 0 Å². The zero-order chi connectivity index (χ0) is 13.8. The van der Waals surface area contributed by atoms with Crippen LogP contribution in [0.3, 0.4) is 0 Å². The Morgan fingerprint density at radius 3 is 2.42 bits per heavy atom. The van der Waals surface area contributed by atoms with Crippen molar-refractivity contribution in [1.29, 1.82) is 0 Å². The summed E-state index contributed by atoms with van der Waals surface area (Å²) in [7, 11) is 0. The van der Waals surface area contributed by atoms with Crippen LogP contribution in [0, 0.1) is 6.92 Å². The second-order valence-electron chi connectivity index (χ2n) is 5.13. The van der Waals surface area contributed by atoms with E-state index in [2.05, 4.69) is 72.2 Å². The molecule has 0 fully saturated rings. The van der Waals surface area contributed by atoms with Crippen molar-refractivity contribution in [2.45, 2.75) is 26.2 Å². The summed E-state index contributed by atoms with van der Waals surface area (Å²) in [6.45, 7) is 5.02. The van der Waals surface area contributed by atoms with E-state index in [4.69, 9.17) is 5.73 Å². The first-order valence-electron chi connectivity index (χ1n) is 6.64. The van der Waals surface area contributed by atoms with Gasteiger partial charge in [0.1, 0.15) is 0 Å². The molecule has 0 aromatic heterocycles. The molecule has 2 N–H and O–H groups in total. The zero-order valence-corrected chi connectivity index (χ0v) is 13.1. The summed E-state index contributed by atoms with van der Waals surface area (Å²) >= 11 is 3.54. The second kappa shape index (κ2) is 6.36. The molecule has 1 nitrogen and oxygen atoms in total. The first kappa shape index (κ1) is 14.3. The quantitative estimate of drug-likeness (QED) is 0.888. The highest BCUT2D eigenvalue weighted by molar-refractivity contribution is 9.10. The third-order valence-corrected chi connectivity index (χ3v) is 4.10. The summed E-state index contributed by atoms with van der Waals surface area (Å²) in [5.41, 5.74) is 11.1. The highest BCUT2D eigenvalue weighted by atomic mass is 79.9. The van der Waals surface area contributed by atoms with E-state index >= 15 is 0 Å². The van der Waals surface area contributed by atoms with Crippen LogP contribution in [-0.2, 0) is 6.42 Å². The van der Waals surface area contributed by atoms with Crippen LogP contribution >= 0.6 is 15.9 Å². The summed E-state index contributed by atoms with van der Waals surface area (Å²) < 4.78 is 1.14. The molecule has 2 aromatic carbocycles. The molecule has 0 saturated heterocycles. The molecule has 1 unspecified atom stereocenters. The molecule has 1 atom stereocenters. The maximum atomic E-state index is 5.70. The summed E-state index contributed by atoms with van der Waals surface area (Å²) in [6.07, 6.45) is 0.975. The topological polar surface area (TPSA) is 26.0 Å². The van der Waals surface area contributed by atoms with Crippen LogP contribution in [0.2, 0.25) is 0 Å². The van der Waals surface area contributed by atoms with E-state index in [9.17, 15) is 0 Å². The van der Waals surface area contributed by atoms with Gasteiger partial charge in [0, 0.05) is 4.47 Å². The van der Waals surface area contributed by atoms with Gasteiger partial charge in [-0.25, -0.2) is 0 Å². The van der Waals surface area contributed by atoms with Gasteiger partial charge in [0.05, 0.1) is 0 Å². The first-order valence-corrected chi connectivity index (χ1v) is 7.43. The minimum Gasteiger partial charge on any atom is -0.330 e. The standard InChI is InChI=1S/C17H20BrN/c1-12-3-8-17(18)10-16(12)9-14-4-6-15(7-5-14)13(2)11-19/h3-8,10,13H,9,11,19H2,1-2H3. The van der Waals surface area contributed by atoms with E-state index < -0.39 is 0 Å². The van der Waals surface area contributed by atoms with E-state index in [1.807, 2.05) is 0 Å². The van der Waals surface area contributed by atoms with Crippen molar-refractivity contribution in [3.8, 4) is 0 Å². The average Bonchev–Trinajstić information content (AvgIpc) is 2.43. The molecule has 100 valence electrons. The minimum absolute atomic E-state index is 0.432. The molecule has 0 radical (unpaired) electrons. The van der Waals surface area contributed by atoms with Crippen LogP contribution < -0.4 is 5.73 Å². The normalized spacial score (nSPS) is 12.4. The van der Waals surface area contributed by atoms with Crippen molar-refractivity contribution in [1.82, 2.24) is 0 Å². The maximum Gasteiger partial charge on any atom is 0.0178 e. The highest BCUT2D eigenvalue weighted by Gasteiger charge is 2.04. The number of aryl methyl sites for hydroxylation is 1. The molecule has 0 saturated carbocycles. The van der Waals surface area contributed by atoms with Gasteiger partial charge in [-0.3, -0.25) is 0 Å². The van der Waals surface area contributed by atoms with Crippen molar-refractivity contribution in [2.24, 2.45) is 5.73 Å². The SMILES string of the molecule is Cc1ccc(Br)cc1Cc1ccc(C(C)CN)cc1. The van der Waals surface area contributed by atoms with E-state index in [-0.39, 0.29) is 0 Å². The maximum absolute atomic E-state index is 5.70. The second-order valence-corrected chi connectivity index (χ2v) is 6.04. The fourth-order valence-electron chi connectivity index (χ4n) is 2.15. The van der Waals surface area contributed by atoms with Crippen LogP contribution in [0.5, 0.6) is 0 Å². The van der Waals surface area contributed by atoms with Crippen molar-refractivity contribution in [3.63, 3.8) is 0 Å². The van der Waals surface area contributed by atoms with Gasteiger partial charge < -0.3 is 5.73 Å². The third-order valence-electron chi connectivity index (χ3n) is 3.61. The van der Waals surface area contributed by atoms with Crippen LogP contribution in [-0.4, -0.2) is 6.54 Å². The van der Waals surface area contributed by atoms with E-state index in [1.54, 1.807) is 0 Å². The largest absolute Gasteiger partial charge is 0.330 e. The van der Waals surface area contributed by atoms with Gasteiger partial charge in [-0.2, -0.15) is 0 Å². The van der Waals surface area contributed by atoms with Crippen LogP contribution in [0.25, 0.3) is 0 Å². The molecule has 0 bridgehead atoms. The Kier molecular flexibility index (Phi) is 4.78. The van der Waals surface area contributed by atoms with Gasteiger partial charge in [0.15, 0.2) is 0 Å². The van der Waals surface area contributed by atoms with Gasteiger partial charge in [-0.15, -0.1) is 0 Å². The monoisotopic (exact) mass is 317 g/mol. The molecule has 0 amide bonds. The number of hydrogen-bond donors (Lipinski definition) is 1. The zero-order valence-electron chi connectivity index (χ0n) is 11.5. The molecule has 2 rings (SSSR count). The number of benzene rings is 2. The lowest BCUT2D eigenvalue weighted by Crippen LogP contribution is -2.08. The fraction of sp³-hybridized carbons (Fsp3) is 0.294. The summed E-state index contributed by atoms with van der Waals surface area (Å²) in [5.74, 6) is 0.432. The molecular formula is C17H20BrN. The lowest BCUT2D eigenvalue weighted by atomic mass is 9.96. The highest BCUT2D eigenvalue weighted by Crippen LogP contribution is 2.21. The predicted octanol–water partition coefficient (Wildman–Crippen LogP) is 4.41. The fourth-order valence-corrected chi connectivity index (χ4v) is 2.56. The molecule has 0 aliphatic heterocycles. The Labute approximate surface area is 124 Å². The number of halogens is 1. The van der Waals surface area contributed by atoms with E-state index in [0.717, 1.165) is 10.9 Å². The summed E-state index contributed by atoms with van der Waals surface area (Å²) in [5, 5.41) is 0. The van der Waals surface area contributed by atoms with Crippen LogP contribution in [0.15, 0.2) is 46.9 Å². The van der Waals surface area contributed by atoms with Crippen LogP contribution in [0.4, 0.5) is 0 Å². The lowest BCUT2D eigenvalue weighted by Gasteiger charge is -2.11. The Hall–Kier alpha value is -1.12. The smallest absolute Gasteiger partial charge is 0.0178 e. The van der Waals surface area contributed by atoms with Crippen molar-refractivity contribution in [2.75, 3.05) is 6.54 Å². The Morgan fingerprint density at radius 2 is 1.79 bits per heavy atom.